The number of nitrogen functional groups attached to an aromatic ring is 1. The Morgan fingerprint density at radius 3 is 2.91 bits per heavy atom. The molecule has 0 saturated heterocycles. The highest BCUT2D eigenvalue weighted by molar-refractivity contribution is 7.97. The van der Waals surface area contributed by atoms with Gasteiger partial charge in [-0.1, -0.05) is 0 Å². The maximum atomic E-state index is 5.41. The highest BCUT2D eigenvalue weighted by Crippen LogP contribution is 2.03. The van der Waals surface area contributed by atoms with E-state index in [1.807, 2.05) is 6.26 Å². The molecule has 1 aromatic rings. The molecule has 1 aromatic heterocycles. The average Bonchev–Trinajstić information content (AvgIpc) is 1.85. The van der Waals surface area contributed by atoms with Crippen LogP contribution in [-0.4, -0.2) is 21.2 Å². The molecule has 0 aliphatic rings. The van der Waals surface area contributed by atoms with Crippen LogP contribution in [0.2, 0.25) is 0 Å². The fraction of sp³-hybridized carbons (Fsp3) is 0.400. The van der Waals surface area contributed by atoms with E-state index in [-0.39, 0.29) is 0 Å². The minimum Gasteiger partial charge on any atom is -0.369 e. The van der Waals surface area contributed by atoms with Gasteiger partial charge in [0.1, 0.15) is 5.82 Å². The molecule has 0 fully saturated rings. The molecule has 0 atom stereocenters. The third kappa shape index (κ3) is 2.47. The SMILES string of the molecule is CSCc1nc(=S)nc(N)[nH]1. The zero-order chi connectivity index (χ0) is 8.27. The lowest BCUT2D eigenvalue weighted by atomic mass is 10.7. The minimum atomic E-state index is 0.297. The Hall–Kier alpha value is -0.620. The van der Waals surface area contributed by atoms with Gasteiger partial charge in [0.05, 0.1) is 5.75 Å². The van der Waals surface area contributed by atoms with E-state index in [9.17, 15) is 0 Å². The van der Waals surface area contributed by atoms with Crippen LogP contribution in [0.5, 0.6) is 0 Å². The zero-order valence-electron chi connectivity index (χ0n) is 6.00. The molecule has 1 heterocycles. The van der Waals surface area contributed by atoms with Crippen LogP contribution in [0.15, 0.2) is 0 Å². The standard InChI is InChI=1S/C5H8N4S2/c1-11-2-3-7-4(6)9-5(10)8-3/h2H2,1H3,(H3,6,7,8,9,10). The monoisotopic (exact) mass is 188 g/mol. The van der Waals surface area contributed by atoms with E-state index >= 15 is 0 Å². The van der Waals surface area contributed by atoms with Crippen molar-refractivity contribution >= 4 is 29.9 Å². The Labute approximate surface area is 73.6 Å². The lowest BCUT2D eigenvalue weighted by Gasteiger charge is -1.97. The molecule has 3 N–H and O–H groups in total. The Morgan fingerprint density at radius 1 is 1.64 bits per heavy atom. The lowest BCUT2D eigenvalue weighted by Crippen LogP contribution is -2.01. The minimum absolute atomic E-state index is 0.297. The predicted molar refractivity (Wildman–Crippen MR) is 48.8 cm³/mol. The third-order valence-electron chi connectivity index (χ3n) is 1.00. The van der Waals surface area contributed by atoms with Crippen molar-refractivity contribution in [1.82, 2.24) is 15.0 Å². The summed E-state index contributed by atoms with van der Waals surface area (Å²) < 4.78 is 0.297. The highest BCUT2D eigenvalue weighted by Gasteiger charge is 1.94. The van der Waals surface area contributed by atoms with Crippen LogP contribution in [-0.2, 0) is 5.75 Å². The molecule has 0 aliphatic carbocycles. The highest BCUT2D eigenvalue weighted by atomic mass is 32.2. The second-order valence-electron chi connectivity index (χ2n) is 1.90. The first-order valence-electron chi connectivity index (χ1n) is 2.94. The quantitative estimate of drug-likeness (QED) is 0.677. The molecule has 0 saturated carbocycles. The number of anilines is 1. The van der Waals surface area contributed by atoms with Crippen molar-refractivity contribution in [2.24, 2.45) is 0 Å². The van der Waals surface area contributed by atoms with Crippen molar-refractivity contribution in [2.75, 3.05) is 12.0 Å². The smallest absolute Gasteiger partial charge is 0.224 e. The van der Waals surface area contributed by atoms with Gasteiger partial charge in [-0.05, 0) is 18.5 Å². The predicted octanol–water partition coefficient (Wildman–Crippen LogP) is 0.979. The van der Waals surface area contributed by atoms with Gasteiger partial charge in [0.15, 0.2) is 0 Å². The Bertz CT molecular complexity index is 295. The number of rotatable bonds is 2. The van der Waals surface area contributed by atoms with E-state index in [1.54, 1.807) is 11.8 Å². The molecule has 0 unspecified atom stereocenters. The average molecular weight is 188 g/mol. The Morgan fingerprint density at radius 2 is 2.36 bits per heavy atom. The second-order valence-corrected chi connectivity index (χ2v) is 3.13. The molecule has 0 aliphatic heterocycles. The summed E-state index contributed by atoms with van der Waals surface area (Å²) in [6.07, 6.45) is 1.98. The van der Waals surface area contributed by atoms with Gasteiger partial charge in [-0.3, -0.25) is 0 Å². The molecule has 0 bridgehead atoms. The molecule has 0 spiro atoms. The first-order chi connectivity index (χ1) is 5.22. The van der Waals surface area contributed by atoms with E-state index in [4.69, 9.17) is 18.0 Å². The maximum absolute atomic E-state index is 5.41. The normalized spacial score (nSPS) is 9.91. The largest absolute Gasteiger partial charge is 0.369 e. The summed E-state index contributed by atoms with van der Waals surface area (Å²) in [5.41, 5.74) is 5.41. The van der Waals surface area contributed by atoms with Gasteiger partial charge in [-0.2, -0.15) is 16.7 Å². The van der Waals surface area contributed by atoms with E-state index in [0.29, 0.717) is 10.7 Å². The molecule has 0 amide bonds. The van der Waals surface area contributed by atoms with E-state index in [2.05, 4.69) is 15.0 Å². The lowest BCUT2D eigenvalue weighted by molar-refractivity contribution is 0.959. The van der Waals surface area contributed by atoms with Crippen LogP contribution in [0.3, 0.4) is 0 Å². The van der Waals surface area contributed by atoms with Crippen LogP contribution < -0.4 is 5.73 Å². The molecular weight excluding hydrogens is 180 g/mol. The molecule has 1 rings (SSSR count). The van der Waals surface area contributed by atoms with Crippen molar-refractivity contribution < 1.29 is 0 Å². The topological polar surface area (TPSA) is 67.6 Å². The Balaban J connectivity index is 2.99. The van der Waals surface area contributed by atoms with Crippen molar-refractivity contribution in [3.63, 3.8) is 0 Å². The number of H-pyrrole nitrogens is 1. The number of hydrogen-bond donors (Lipinski definition) is 2. The number of nitrogens with two attached hydrogens (primary N) is 1. The van der Waals surface area contributed by atoms with Crippen LogP contribution in [0.25, 0.3) is 0 Å². The first-order valence-corrected chi connectivity index (χ1v) is 4.74. The number of aromatic nitrogens is 3. The van der Waals surface area contributed by atoms with E-state index < -0.39 is 0 Å². The first kappa shape index (κ1) is 8.48. The second kappa shape index (κ2) is 3.68. The number of thioether (sulfide) groups is 1. The summed E-state index contributed by atoms with van der Waals surface area (Å²) in [7, 11) is 0. The molecule has 60 valence electrons. The van der Waals surface area contributed by atoms with Crippen molar-refractivity contribution in [3.8, 4) is 0 Å². The fourth-order valence-corrected chi connectivity index (χ4v) is 1.27. The van der Waals surface area contributed by atoms with Gasteiger partial charge in [0, 0.05) is 0 Å². The van der Waals surface area contributed by atoms with Gasteiger partial charge in [0.25, 0.3) is 0 Å². The van der Waals surface area contributed by atoms with Crippen molar-refractivity contribution in [3.05, 3.63) is 10.6 Å². The van der Waals surface area contributed by atoms with Crippen LogP contribution in [0, 0.1) is 4.77 Å². The molecule has 0 radical (unpaired) electrons. The van der Waals surface area contributed by atoms with E-state index in [0.717, 1.165) is 11.6 Å². The number of nitrogens with one attached hydrogen (secondary N) is 1. The zero-order valence-corrected chi connectivity index (χ0v) is 7.63. The molecule has 4 nitrogen and oxygen atoms in total. The van der Waals surface area contributed by atoms with Crippen LogP contribution in [0.1, 0.15) is 5.82 Å². The summed E-state index contributed by atoms with van der Waals surface area (Å²) in [5.74, 6) is 1.88. The fourth-order valence-electron chi connectivity index (χ4n) is 0.652. The summed E-state index contributed by atoms with van der Waals surface area (Å²) >= 11 is 6.42. The maximum Gasteiger partial charge on any atom is 0.224 e. The van der Waals surface area contributed by atoms with Crippen molar-refractivity contribution in [2.45, 2.75) is 5.75 Å². The van der Waals surface area contributed by atoms with E-state index in [1.165, 1.54) is 0 Å². The van der Waals surface area contributed by atoms with Crippen LogP contribution in [0.4, 0.5) is 5.95 Å². The molecule has 6 heteroatoms. The molecular formula is C5H8N4S2. The van der Waals surface area contributed by atoms with Gasteiger partial charge in [-0.15, -0.1) is 0 Å². The number of hydrogen-bond acceptors (Lipinski definition) is 5. The van der Waals surface area contributed by atoms with Gasteiger partial charge in [-0.25, -0.2) is 4.98 Å². The third-order valence-corrected chi connectivity index (χ3v) is 1.74. The summed E-state index contributed by atoms with van der Waals surface area (Å²) in [6, 6.07) is 0. The van der Waals surface area contributed by atoms with Crippen molar-refractivity contribution in [1.29, 1.82) is 0 Å². The Kier molecular flexibility index (Phi) is 2.84. The number of nitrogens with zero attached hydrogens (tertiary/aromatic N) is 2. The summed E-state index contributed by atoms with van der Waals surface area (Å²) in [4.78, 5) is 10.5. The summed E-state index contributed by atoms with van der Waals surface area (Å²) in [6.45, 7) is 0. The van der Waals surface area contributed by atoms with Gasteiger partial charge >= 0.3 is 0 Å². The van der Waals surface area contributed by atoms with Gasteiger partial charge in [0.2, 0.25) is 10.7 Å². The number of aromatic amines is 1. The van der Waals surface area contributed by atoms with Gasteiger partial charge < -0.3 is 10.7 Å². The summed E-state index contributed by atoms with van der Waals surface area (Å²) in [5, 5.41) is 0. The molecule has 0 aromatic carbocycles. The molecule has 11 heavy (non-hydrogen) atoms. The van der Waals surface area contributed by atoms with Crippen LogP contribution >= 0.6 is 24.0 Å².